The summed E-state index contributed by atoms with van der Waals surface area (Å²) in [5.41, 5.74) is 5.78. The van der Waals surface area contributed by atoms with Gasteiger partial charge in [-0.1, -0.05) is 0 Å². The Kier molecular flexibility index (Phi) is 3.77. The van der Waals surface area contributed by atoms with E-state index in [0.717, 1.165) is 6.42 Å². The monoisotopic (exact) mass is 329 g/mol. The second kappa shape index (κ2) is 5.47. The predicted octanol–water partition coefficient (Wildman–Crippen LogP) is -0.0528. The van der Waals surface area contributed by atoms with Crippen LogP contribution >= 0.6 is 7.60 Å². The Morgan fingerprint density at radius 2 is 2.27 bits per heavy atom. The first kappa shape index (κ1) is 15.2. The van der Waals surface area contributed by atoms with Crippen molar-refractivity contribution in [2.45, 2.75) is 31.4 Å². The molecule has 10 nitrogen and oxygen atoms in total. The lowest BCUT2D eigenvalue weighted by Gasteiger charge is -2.14. The van der Waals surface area contributed by atoms with Gasteiger partial charge >= 0.3 is 7.60 Å². The molecule has 0 spiro atoms. The van der Waals surface area contributed by atoms with E-state index in [0.29, 0.717) is 18.5 Å². The maximum Gasteiger partial charge on any atom is 0.350 e. The minimum Gasteiger partial charge on any atom is -0.369 e. The molecule has 3 rings (SSSR count). The van der Waals surface area contributed by atoms with Crippen molar-refractivity contribution in [2.24, 2.45) is 0 Å². The van der Waals surface area contributed by atoms with Gasteiger partial charge in [0.2, 0.25) is 5.95 Å². The number of H-pyrrole nitrogens is 1. The molecule has 1 fully saturated rings. The van der Waals surface area contributed by atoms with Crippen LogP contribution in [-0.4, -0.2) is 41.8 Å². The Morgan fingerprint density at radius 1 is 1.50 bits per heavy atom. The summed E-state index contributed by atoms with van der Waals surface area (Å²) in [7, 11) is -4.17. The van der Waals surface area contributed by atoms with Crippen molar-refractivity contribution in [3.05, 3.63) is 16.7 Å². The molecule has 2 aromatic rings. The smallest absolute Gasteiger partial charge is 0.350 e. The lowest BCUT2D eigenvalue weighted by molar-refractivity contribution is 0.0777. The van der Waals surface area contributed by atoms with Crippen LogP contribution in [0.5, 0.6) is 0 Å². The molecular weight excluding hydrogens is 313 g/mol. The van der Waals surface area contributed by atoms with Gasteiger partial charge in [0.15, 0.2) is 11.2 Å². The number of rotatable bonds is 4. The summed E-state index contributed by atoms with van der Waals surface area (Å²) < 4.78 is 17.9. The summed E-state index contributed by atoms with van der Waals surface area (Å²) in [5, 5.41) is 0. The van der Waals surface area contributed by atoms with Crippen LogP contribution in [0.15, 0.2) is 11.1 Å². The zero-order chi connectivity index (χ0) is 15.9. The number of anilines is 1. The van der Waals surface area contributed by atoms with Crippen LogP contribution in [0.4, 0.5) is 5.95 Å². The number of aromatic amines is 1. The van der Waals surface area contributed by atoms with Crippen molar-refractivity contribution < 1.29 is 19.1 Å². The summed E-state index contributed by atoms with van der Waals surface area (Å²) in [4.78, 5) is 40.0. The normalized spacial score (nSPS) is 22.5. The molecule has 0 radical (unpaired) electrons. The predicted molar refractivity (Wildman–Crippen MR) is 77.2 cm³/mol. The van der Waals surface area contributed by atoms with E-state index in [-0.39, 0.29) is 23.6 Å². The van der Waals surface area contributed by atoms with Gasteiger partial charge in [-0.05, 0) is 19.3 Å². The number of nitrogens with one attached hydrogen (secondary N) is 1. The number of imidazole rings is 1. The minimum absolute atomic E-state index is 0.000436. The first-order valence-electron chi connectivity index (χ1n) is 6.72. The van der Waals surface area contributed by atoms with E-state index in [1.807, 2.05) is 0 Å². The van der Waals surface area contributed by atoms with Gasteiger partial charge in [-0.25, -0.2) is 4.98 Å². The van der Waals surface area contributed by atoms with Gasteiger partial charge < -0.3 is 24.8 Å². The maximum absolute atomic E-state index is 11.7. The van der Waals surface area contributed by atoms with Crippen LogP contribution in [0.1, 0.15) is 25.3 Å². The number of hydrogen-bond donors (Lipinski definition) is 4. The van der Waals surface area contributed by atoms with Crippen molar-refractivity contribution in [1.82, 2.24) is 19.5 Å². The second-order valence-corrected chi connectivity index (χ2v) is 6.91. The third kappa shape index (κ3) is 3.05. The standard InChI is InChI=1S/C11H16N5O5P/c12-11-14-9-8(10(17)15-11)13-4-16(9)6-1-2-7(3-6)21-5-22(18,19)20/h4,6-7H,1-3,5H2,(H2,18,19,20)(H3,12,14,15,17)/t6-,7+/m0/s1. The summed E-state index contributed by atoms with van der Waals surface area (Å²) in [6, 6.07) is 0.000436. The molecule has 0 saturated heterocycles. The third-order valence-corrected chi connectivity index (χ3v) is 4.16. The van der Waals surface area contributed by atoms with Gasteiger partial charge in [0.1, 0.15) is 6.35 Å². The zero-order valence-corrected chi connectivity index (χ0v) is 12.4. The summed E-state index contributed by atoms with van der Waals surface area (Å²) in [6.07, 6.45) is 2.69. The first-order valence-corrected chi connectivity index (χ1v) is 8.52. The molecule has 22 heavy (non-hydrogen) atoms. The quantitative estimate of drug-likeness (QED) is 0.569. The average Bonchev–Trinajstić information content (AvgIpc) is 3.01. The van der Waals surface area contributed by atoms with E-state index < -0.39 is 19.5 Å². The fraction of sp³-hybridized carbons (Fsp3) is 0.545. The van der Waals surface area contributed by atoms with Gasteiger partial charge in [-0.15, -0.1) is 0 Å². The van der Waals surface area contributed by atoms with Crippen molar-refractivity contribution in [3.8, 4) is 0 Å². The molecule has 1 aliphatic carbocycles. The number of nitrogen functional groups attached to an aromatic ring is 1. The molecule has 2 atom stereocenters. The highest BCUT2D eigenvalue weighted by Crippen LogP contribution is 2.38. The van der Waals surface area contributed by atoms with E-state index in [9.17, 15) is 9.36 Å². The molecule has 2 aromatic heterocycles. The second-order valence-electron chi connectivity index (χ2n) is 5.32. The van der Waals surface area contributed by atoms with Crippen molar-refractivity contribution in [2.75, 3.05) is 12.1 Å². The largest absolute Gasteiger partial charge is 0.369 e. The van der Waals surface area contributed by atoms with E-state index in [4.69, 9.17) is 20.3 Å². The Labute approximate surface area is 124 Å². The van der Waals surface area contributed by atoms with E-state index in [1.165, 1.54) is 6.33 Å². The van der Waals surface area contributed by atoms with Crippen LogP contribution in [-0.2, 0) is 9.30 Å². The van der Waals surface area contributed by atoms with E-state index in [2.05, 4.69) is 15.0 Å². The highest BCUT2D eigenvalue weighted by molar-refractivity contribution is 7.51. The zero-order valence-electron chi connectivity index (χ0n) is 11.5. The highest BCUT2D eigenvalue weighted by Gasteiger charge is 2.30. The number of hydrogen-bond acceptors (Lipinski definition) is 6. The van der Waals surface area contributed by atoms with Crippen molar-refractivity contribution in [3.63, 3.8) is 0 Å². The van der Waals surface area contributed by atoms with E-state index in [1.54, 1.807) is 4.57 Å². The molecule has 120 valence electrons. The Morgan fingerprint density at radius 3 is 3.00 bits per heavy atom. The van der Waals surface area contributed by atoms with Crippen LogP contribution < -0.4 is 11.3 Å². The number of aromatic nitrogens is 4. The average molecular weight is 329 g/mol. The molecule has 2 heterocycles. The summed E-state index contributed by atoms with van der Waals surface area (Å²) in [5.74, 6) is 0.0200. The van der Waals surface area contributed by atoms with E-state index >= 15 is 0 Å². The number of nitrogens with zero attached hydrogens (tertiary/aromatic N) is 3. The summed E-state index contributed by atoms with van der Waals surface area (Å²) in [6.45, 7) is 0. The molecule has 5 N–H and O–H groups in total. The fourth-order valence-corrected chi connectivity index (χ4v) is 3.14. The topological polar surface area (TPSA) is 156 Å². The molecule has 1 aliphatic rings. The molecule has 0 unspecified atom stereocenters. The molecule has 0 amide bonds. The van der Waals surface area contributed by atoms with Gasteiger partial charge in [0.05, 0.1) is 12.4 Å². The number of fused-ring (bicyclic) bond motifs is 1. The highest BCUT2D eigenvalue weighted by atomic mass is 31.2. The minimum atomic E-state index is -4.17. The van der Waals surface area contributed by atoms with Crippen LogP contribution in [0.25, 0.3) is 11.2 Å². The third-order valence-electron chi connectivity index (χ3n) is 3.68. The molecule has 0 aliphatic heterocycles. The van der Waals surface area contributed by atoms with Crippen molar-refractivity contribution in [1.29, 1.82) is 0 Å². The van der Waals surface area contributed by atoms with Gasteiger partial charge in [0, 0.05) is 6.04 Å². The van der Waals surface area contributed by atoms with Gasteiger partial charge in [-0.3, -0.25) is 14.3 Å². The fourth-order valence-electron chi connectivity index (χ4n) is 2.73. The Bertz CT molecular complexity index is 796. The number of nitrogens with two attached hydrogens (primary N) is 1. The SMILES string of the molecule is Nc1nc2c(ncn2[C@H]2CC[C@@H](OCP(=O)(O)O)C2)c(=O)[nH]1. The Balaban J connectivity index is 1.79. The summed E-state index contributed by atoms with van der Waals surface area (Å²) >= 11 is 0. The van der Waals surface area contributed by atoms with Gasteiger partial charge in [0.25, 0.3) is 5.56 Å². The molecule has 1 saturated carbocycles. The lowest BCUT2D eigenvalue weighted by Crippen LogP contribution is -2.14. The van der Waals surface area contributed by atoms with Crippen molar-refractivity contribution >= 4 is 24.7 Å². The molecular formula is C11H16N5O5P. The lowest BCUT2D eigenvalue weighted by atomic mass is 10.2. The molecule has 0 aromatic carbocycles. The van der Waals surface area contributed by atoms with Crippen LogP contribution in [0.2, 0.25) is 0 Å². The molecule has 0 bridgehead atoms. The maximum atomic E-state index is 11.7. The van der Waals surface area contributed by atoms with Crippen LogP contribution in [0, 0.1) is 0 Å². The molecule has 11 heteroatoms. The first-order chi connectivity index (χ1) is 10.3. The number of ether oxygens (including phenoxy) is 1. The van der Waals surface area contributed by atoms with Gasteiger partial charge in [-0.2, -0.15) is 4.98 Å². The Hall–Kier alpha value is -1.74. The van der Waals surface area contributed by atoms with Crippen LogP contribution in [0.3, 0.4) is 0 Å².